The molecule has 24 heavy (non-hydrogen) atoms. The molecule has 2 rings (SSSR count). The van der Waals surface area contributed by atoms with E-state index in [1.54, 1.807) is 12.1 Å². The van der Waals surface area contributed by atoms with Gasteiger partial charge in [0.2, 0.25) is 0 Å². The highest BCUT2D eigenvalue weighted by Gasteiger charge is 2.27. The summed E-state index contributed by atoms with van der Waals surface area (Å²) in [6.45, 7) is 4.57. The average molecular weight is 397 g/mol. The zero-order valence-electron chi connectivity index (χ0n) is 13.4. The van der Waals surface area contributed by atoms with Gasteiger partial charge in [-0.2, -0.15) is 0 Å². The Bertz CT molecular complexity index is 705. The molecule has 0 radical (unpaired) electrons. The first kappa shape index (κ1) is 18.0. The zero-order chi connectivity index (χ0) is 17.9. The SMILES string of the molecule is COc1cc(C=C2C(=O)NC(=O)NC2=O)cc(Br)c1OCC(C)C. The molecular formula is C16H17BrN2O5. The van der Waals surface area contributed by atoms with Gasteiger partial charge in [-0.05, 0) is 45.6 Å². The number of amides is 4. The lowest BCUT2D eigenvalue weighted by Crippen LogP contribution is -2.51. The summed E-state index contributed by atoms with van der Waals surface area (Å²) in [7, 11) is 1.50. The third-order valence-electron chi connectivity index (χ3n) is 3.07. The topological polar surface area (TPSA) is 93.7 Å². The Morgan fingerprint density at radius 2 is 1.79 bits per heavy atom. The largest absolute Gasteiger partial charge is 0.493 e. The smallest absolute Gasteiger partial charge is 0.328 e. The van der Waals surface area contributed by atoms with Crippen molar-refractivity contribution < 1.29 is 23.9 Å². The number of hydrogen-bond acceptors (Lipinski definition) is 5. The number of rotatable bonds is 5. The van der Waals surface area contributed by atoms with Crippen LogP contribution in [0.1, 0.15) is 19.4 Å². The maximum absolute atomic E-state index is 11.8. The van der Waals surface area contributed by atoms with Crippen LogP contribution in [0.15, 0.2) is 22.2 Å². The molecule has 1 aliphatic rings. The number of benzene rings is 1. The summed E-state index contributed by atoms with van der Waals surface area (Å²) in [5.74, 6) is -0.154. The van der Waals surface area contributed by atoms with Crippen molar-refractivity contribution in [2.75, 3.05) is 13.7 Å². The molecule has 128 valence electrons. The van der Waals surface area contributed by atoms with Crippen molar-refractivity contribution in [1.82, 2.24) is 10.6 Å². The van der Waals surface area contributed by atoms with Crippen LogP contribution in [-0.2, 0) is 9.59 Å². The highest BCUT2D eigenvalue weighted by Crippen LogP contribution is 2.37. The van der Waals surface area contributed by atoms with Crippen molar-refractivity contribution in [2.45, 2.75) is 13.8 Å². The van der Waals surface area contributed by atoms with Gasteiger partial charge in [0.25, 0.3) is 11.8 Å². The second kappa shape index (κ2) is 7.48. The molecule has 1 heterocycles. The second-order valence-corrected chi connectivity index (χ2v) is 6.39. The first-order chi connectivity index (χ1) is 11.3. The summed E-state index contributed by atoms with van der Waals surface area (Å²) >= 11 is 3.40. The molecule has 1 aliphatic heterocycles. The molecule has 0 saturated carbocycles. The van der Waals surface area contributed by atoms with Crippen molar-refractivity contribution in [3.63, 3.8) is 0 Å². The van der Waals surface area contributed by atoms with E-state index in [1.165, 1.54) is 13.2 Å². The van der Waals surface area contributed by atoms with Gasteiger partial charge in [-0.3, -0.25) is 20.2 Å². The number of barbiturate groups is 1. The Balaban J connectivity index is 2.36. The summed E-state index contributed by atoms with van der Waals surface area (Å²) < 4.78 is 11.7. The number of methoxy groups -OCH3 is 1. The van der Waals surface area contributed by atoms with Gasteiger partial charge in [0.15, 0.2) is 11.5 Å². The molecule has 1 aromatic rings. The number of nitrogens with one attached hydrogen (secondary N) is 2. The quantitative estimate of drug-likeness (QED) is 0.587. The molecule has 0 atom stereocenters. The molecule has 2 N–H and O–H groups in total. The van der Waals surface area contributed by atoms with Crippen molar-refractivity contribution >= 4 is 39.9 Å². The highest BCUT2D eigenvalue weighted by molar-refractivity contribution is 9.10. The predicted molar refractivity (Wildman–Crippen MR) is 90.7 cm³/mol. The molecule has 0 aromatic heterocycles. The lowest BCUT2D eigenvalue weighted by Gasteiger charge is -2.16. The molecule has 8 heteroatoms. The Morgan fingerprint density at radius 3 is 2.33 bits per heavy atom. The normalized spacial score (nSPS) is 14.4. The van der Waals surface area contributed by atoms with Gasteiger partial charge in [0.05, 0.1) is 18.2 Å². The lowest BCUT2D eigenvalue weighted by atomic mass is 10.1. The fraction of sp³-hybridized carbons (Fsp3) is 0.312. The van der Waals surface area contributed by atoms with Gasteiger partial charge in [-0.25, -0.2) is 4.79 Å². The number of carbonyl (C=O) groups is 3. The molecule has 0 spiro atoms. The van der Waals surface area contributed by atoms with Crippen LogP contribution < -0.4 is 20.1 Å². The molecule has 0 aliphatic carbocycles. The molecule has 0 unspecified atom stereocenters. The van der Waals surface area contributed by atoms with Crippen LogP contribution in [0.5, 0.6) is 11.5 Å². The summed E-state index contributed by atoms with van der Waals surface area (Å²) in [6, 6.07) is 2.50. The molecular weight excluding hydrogens is 380 g/mol. The van der Waals surface area contributed by atoms with Crippen molar-refractivity contribution in [2.24, 2.45) is 5.92 Å². The van der Waals surface area contributed by atoms with Crippen LogP contribution in [-0.4, -0.2) is 31.6 Å². The zero-order valence-corrected chi connectivity index (χ0v) is 15.0. The summed E-state index contributed by atoms with van der Waals surface area (Å²) in [5, 5.41) is 4.04. The molecule has 1 fully saturated rings. The highest BCUT2D eigenvalue weighted by atomic mass is 79.9. The molecule has 1 saturated heterocycles. The van der Waals surface area contributed by atoms with E-state index < -0.39 is 17.8 Å². The van der Waals surface area contributed by atoms with Crippen molar-refractivity contribution in [3.8, 4) is 11.5 Å². The van der Waals surface area contributed by atoms with Crippen molar-refractivity contribution in [1.29, 1.82) is 0 Å². The number of carbonyl (C=O) groups excluding carboxylic acids is 3. The third-order valence-corrected chi connectivity index (χ3v) is 3.66. The van der Waals surface area contributed by atoms with Gasteiger partial charge in [-0.15, -0.1) is 0 Å². The molecule has 4 amide bonds. The Morgan fingerprint density at radius 1 is 1.17 bits per heavy atom. The van der Waals surface area contributed by atoms with Gasteiger partial charge in [0, 0.05) is 0 Å². The van der Waals surface area contributed by atoms with E-state index in [9.17, 15) is 14.4 Å². The van der Waals surface area contributed by atoms with E-state index in [0.29, 0.717) is 34.1 Å². The number of halogens is 1. The van der Waals surface area contributed by atoms with Gasteiger partial charge in [0.1, 0.15) is 5.57 Å². The number of ether oxygens (including phenoxy) is 2. The first-order valence-corrected chi connectivity index (χ1v) is 7.99. The number of urea groups is 1. The van der Waals surface area contributed by atoms with E-state index in [0.717, 1.165) is 0 Å². The standard InChI is InChI=1S/C16H17BrN2O5/c1-8(2)7-24-13-11(17)5-9(6-12(13)23-3)4-10-14(20)18-16(22)19-15(10)21/h4-6,8H,7H2,1-3H3,(H2,18,19,20,21,22). The third kappa shape index (κ3) is 4.14. The van der Waals surface area contributed by atoms with Crippen LogP contribution in [0.2, 0.25) is 0 Å². The minimum absolute atomic E-state index is 0.167. The predicted octanol–water partition coefficient (Wildman–Crippen LogP) is 2.24. The maximum atomic E-state index is 11.8. The number of imide groups is 2. The fourth-order valence-electron chi connectivity index (χ4n) is 1.99. The lowest BCUT2D eigenvalue weighted by molar-refractivity contribution is -0.123. The van der Waals surface area contributed by atoms with Gasteiger partial charge < -0.3 is 9.47 Å². The fourth-order valence-corrected chi connectivity index (χ4v) is 2.56. The van der Waals surface area contributed by atoms with E-state index in [2.05, 4.69) is 15.9 Å². The minimum atomic E-state index is -0.835. The van der Waals surface area contributed by atoms with Gasteiger partial charge >= 0.3 is 6.03 Å². The summed E-state index contributed by atoms with van der Waals surface area (Å²) in [5.41, 5.74) is 0.379. The van der Waals surface area contributed by atoms with E-state index in [1.807, 2.05) is 24.5 Å². The number of hydrogen-bond donors (Lipinski definition) is 2. The molecule has 1 aromatic carbocycles. The Kier molecular flexibility index (Phi) is 5.61. The second-order valence-electron chi connectivity index (χ2n) is 5.53. The van der Waals surface area contributed by atoms with Crippen molar-refractivity contribution in [3.05, 3.63) is 27.7 Å². The average Bonchev–Trinajstić information content (AvgIpc) is 2.49. The molecule has 7 nitrogen and oxygen atoms in total. The summed E-state index contributed by atoms with van der Waals surface area (Å²) in [4.78, 5) is 34.6. The van der Waals surface area contributed by atoms with E-state index in [4.69, 9.17) is 9.47 Å². The Labute approximate surface area is 147 Å². The van der Waals surface area contributed by atoms with Crippen LogP contribution in [0, 0.1) is 5.92 Å². The molecule has 0 bridgehead atoms. The Hall–Kier alpha value is -2.35. The van der Waals surface area contributed by atoms with E-state index in [-0.39, 0.29) is 5.57 Å². The van der Waals surface area contributed by atoms with Crippen LogP contribution in [0.4, 0.5) is 4.79 Å². The van der Waals surface area contributed by atoms with Crippen LogP contribution >= 0.6 is 15.9 Å². The van der Waals surface area contributed by atoms with Gasteiger partial charge in [-0.1, -0.05) is 13.8 Å². The first-order valence-electron chi connectivity index (χ1n) is 7.20. The minimum Gasteiger partial charge on any atom is -0.493 e. The van der Waals surface area contributed by atoms with Crippen LogP contribution in [0.25, 0.3) is 6.08 Å². The monoisotopic (exact) mass is 396 g/mol. The maximum Gasteiger partial charge on any atom is 0.328 e. The van der Waals surface area contributed by atoms with E-state index >= 15 is 0 Å². The summed E-state index contributed by atoms with van der Waals surface area (Å²) in [6.07, 6.45) is 1.37. The van der Waals surface area contributed by atoms with Crippen LogP contribution in [0.3, 0.4) is 0 Å².